The van der Waals surface area contributed by atoms with E-state index in [1.165, 1.54) is 35.2 Å². The number of hydrogen-bond acceptors (Lipinski definition) is 1. The van der Waals surface area contributed by atoms with Crippen molar-refractivity contribution in [3.05, 3.63) is 70.8 Å². The van der Waals surface area contributed by atoms with Crippen LogP contribution in [0.2, 0.25) is 0 Å². The summed E-state index contributed by atoms with van der Waals surface area (Å²) >= 11 is 0. The molecule has 0 saturated carbocycles. The van der Waals surface area contributed by atoms with Crippen LogP contribution in [0.5, 0.6) is 0 Å². The fraction of sp³-hybridized carbons (Fsp3) is 0.455. The maximum atomic E-state index is 2.62. The summed E-state index contributed by atoms with van der Waals surface area (Å²) in [6, 6.07) is 18.0. The molecule has 1 unspecified atom stereocenters. The van der Waals surface area contributed by atoms with E-state index in [9.17, 15) is 0 Å². The van der Waals surface area contributed by atoms with Gasteiger partial charge in [0.25, 0.3) is 0 Å². The Hall–Kier alpha value is -1.60. The summed E-state index contributed by atoms with van der Waals surface area (Å²) in [4.78, 5) is 2.62. The molecule has 0 radical (unpaired) electrons. The highest BCUT2D eigenvalue weighted by Gasteiger charge is 2.11. The topological polar surface area (TPSA) is 3.24 Å². The highest BCUT2D eigenvalue weighted by molar-refractivity contribution is 5.24. The smallest absolute Gasteiger partial charge is 0.00477 e. The van der Waals surface area contributed by atoms with Crippen LogP contribution >= 0.6 is 0 Å². The number of hydrogen-bond donors (Lipinski definition) is 0. The lowest BCUT2D eigenvalue weighted by molar-refractivity contribution is 0.264. The fourth-order valence-electron chi connectivity index (χ4n) is 3.04. The van der Waals surface area contributed by atoms with Gasteiger partial charge < -0.3 is 4.90 Å². The van der Waals surface area contributed by atoms with Gasteiger partial charge in [0.05, 0.1) is 0 Å². The quantitative estimate of drug-likeness (QED) is 0.634. The van der Waals surface area contributed by atoms with Gasteiger partial charge in [0.2, 0.25) is 0 Å². The Bertz CT molecular complexity index is 568. The summed E-state index contributed by atoms with van der Waals surface area (Å²) in [5.41, 5.74) is 5.57. The molecule has 0 bridgehead atoms. The molecule has 0 aliphatic heterocycles. The molecule has 0 aromatic heterocycles. The first-order valence-electron chi connectivity index (χ1n) is 8.93. The van der Waals surface area contributed by atoms with Crippen molar-refractivity contribution in [1.29, 1.82) is 0 Å². The Kier molecular flexibility index (Phi) is 6.85. The van der Waals surface area contributed by atoms with E-state index in [0.29, 0.717) is 5.92 Å². The van der Waals surface area contributed by atoms with Crippen LogP contribution in [0.1, 0.15) is 48.4 Å². The minimum atomic E-state index is 0.583. The van der Waals surface area contributed by atoms with E-state index in [0.717, 1.165) is 19.5 Å². The van der Waals surface area contributed by atoms with Crippen molar-refractivity contribution in [1.82, 2.24) is 4.90 Å². The lowest BCUT2D eigenvalue weighted by atomic mass is 9.99. The van der Waals surface area contributed by atoms with E-state index < -0.39 is 0 Å². The third-order valence-electron chi connectivity index (χ3n) is 4.56. The third-order valence-corrected chi connectivity index (χ3v) is 4.56. The lowest BCUT2D eigenvalue weighted by Gasteiger charge is -2.25. The zero-order valence-electron chi connectivity index (χ0n) is 15.2. The molecule has 0 saturated heterocycles. The number of nitrogens with zero attached hydrogens (tertiary/aromatic N) is 1. The molecular weight excluding hydrogens is 278 g/mol. The minimum Gasteiger partial charge on any atom is -0.302 e. The van der Waals surface area contributed by atoms with Gasteiger partial charge in [-0.2, -0.15) is 0 Å². The van der Waals surface area contributed by atoms with E-state index in [1.54, 1.807) is 0 Å². The molecule has 23 heavy (non-hydrogen) atoms. The van der Waals surface area contributed by atoms with E-state index in [4.69, 9.17) is 0 Å². The average molecular weight is 309 g/mol. The SMILES string of the molecule is CCCN(CCc1ccc(C)cc1)CC(C)c1ccc(C)cc1. The zero-order chi connectivity index (χ0) is 16.7. The van der Waals surface area contributed by atoms with Crippen LogP contribution < -0.4 is 0 Å². The Morgan fingerprint density at radius 1 is 0.826 bits per heavy atom. The van der Waals surface area contributed by atoms with Gasteiger partial charge in [-0.3, -0.25) is 0 Å². The molecule has 0 aliphatic carbocycles. The first kappa shape index (κ1) is 17.7. The van der Waals surface area contributed by atoms with E-state index in [-0.39, 0.29) is 0 Å². The summed E-state index contributed by atoms with van der Waals surface area (Å²) in [6.07, 6.45) is 2.36. The molecule has 0 N–H and O–H groups in total. The third kappa shape index (κ3) is 5.84. The fourth-order valence-corrected chi connectivity index (χ4v) is 3.04. The largest absolute Gasteiger partial charge is 0.302 e. The molecule has 124 valence electrons. The second kappa shape index (κ2) is 8.88. The van der Waals surface area contributed by atoms with Gasteiger partial charge >= 0.3 is 0 Å². The molecule has 1 atom stereocenters. The van der Waals surface area contributed by atoms with Crippen LogP contribution in [0.4, 0.5) is 0 Å². The van der Waals surface area contributed by atoms with Gasteiger partial charge in [0, 0.05) is 13.1 Å². The van der Waals surface area contributed by atoms with Gasteiger partial charge in [-0.25, -0.2) is 0 Å². The van der Waals surface area contributed by atoms with Gasteiger partial charge in [0.1, 0.15) is 0 Å². The van der Waals surface area contributed by atoms with Crippen LogP contribution in [0.3, 0.4) is 0 Å². The van der Waals surface area contributed by atoms with E-state index in [2.05, 4.69) is 81.1 Å². The number of rotatable bonds is 8. The van der Waals surface area contributed by atoms with Crippen molar-refractivity contribution in [3.8, 4) is 0 Å². The van der Waals surface area contributed by atoms with Crippen molar-refractivity contribution < 1.29 is 0 Å². The molecule has 2 rings (SSSR count). The maximum absolute atomic E-state index is 2.62. The Balaban J connectivity index is 1.92. The van der Waals surface area contributed by atoms with Gasteiger partial charge in [0.15, 0.2) is 0 Å². The molecule has 1 heteroatoms. The Morgan fingerprint density at radius 3 is 1.96 bits per heavy atom. The standard InChI is InChI=1S/C22H31N/c1-5-15-23(16-14-21-10-6-18(2)7-11-21)17-20(4)22-12-8-19(3)9-13-22/h6-13,20H,5,14-17H2,1-4H3. The summed E-state index contributed by atoms with van der Waals surface area (Å²) in [5, 5.41) is 0. The molecule has 0 aliphatic rings. The first-order chi connectivity index (χ1) is 11.1. The van der Waals surface area contributed by atoms with Crippen molar-refractivity contribution in [2.24, 2.45) is 0 Å². The predicted octanol–water partition coefficient (Wildman–Crippen LogP) is 5.36. The van der Waals surface area contributed by atoms with Crippen LogP contribution in [-0.4, -0.2) is 24.5 Å². The van der Waals surface area contributed by atoms with Crippen molar-refractivity contribution in [3.63, 3.8) is 0 Å². The normalized spacial score (nSPS) is 12.6. The van der Waals surface area contributed by atoms with Gasteiger partial charge in [-0.1, -0.05) is 73.5 Å². The zero-order valence-corrected chi connectivity index (χ0v) is 15.2. The van der Waals surface area contributed by atoms with Crippen LogP contribution in [0.15, 0.2) is 48.5 Å². The monoisotopic (exact) mass is 309 g/mol. The van der Waals surface area contributed by atoms with E-state index in [1.807, 2.05) is 0 Å². The summed E-state index contributed by atoms with van der Waals surface area (Å²) in [6.45, 7) is 12.4. The second-order valence-electron chi connectivity index (χ2n) is 6.85. The first-order valence-corrected chi connectivity index (χ1v) is 8.93. The second-order valence-corrected chi connectivity index (χ2v) is 6.85. The number of benzene rings is 2. The van der Waals surface area contributed by atoms with Crippen LogP contribution in [0.25, 0.3) is 0 Å². The van der Waals surface area contributed by atoms with Crippen LogP contribution in [0, 0.1) is 13.8 Å². The summed E-state index contributed by atoms with van der Waals surface area (Å²) < 4.78 is 0. The summed E-state index contributed by atoms with van der Waals surface area (Å²) in [7, 11) is 0. The van der Waals surface area contributed by atoms with Gasteiger partial charge in [-0.15, -0.1) is 0 Å². The lowest BCUT2D eigenvalue weighted by Crippen LogP contribution is -2.30. The highest BCUT2D eigenvalue weighted by Crippen LogP contribution is 2.18. The minimum absolute atomic E-state index is 0.583. The molecule has 0 fully saturated rings. The molecule has 1 nitrogen and oxygen atoms in total. The van der Waals surface area contributed by atoms with Gasteiger partial charge in [-0.05, 0) is 50.3 Å². The molecule has 0 amide bonds. The van der Waals surface area contributed by atoms with E-state index >= 15 is 0 Å². The molecular formula is C22H31N. The molecule has 2 aromatic rings. The maximum Gasteiger partial charge on any atom is 0.00477 e. The van der Waals surface area contributed by atoms with Crippen molar-refractivity contribution in [2.75, 3.05) is 19.6 Å². The predicted molar refractivity (Wildman–Crippen MR) is 101 cm³/mol. The number of aryl methyl sites for hydroxylation is 2. The highest BCUT2D eigenvalue weighted by atomic mass is 15.1. The molecule has 2 aromatic carbocycles. The summed E-state index contributed by atoms with van der Waals surface area (Å²) in [5.74, 6) is 0.583. The van der Waals surface area contributed by atoms with Crippen molar-refractivity contribution >= 4 is 0 Å². The molecule has 0 heterocycles. The molecule has 0 spiro atoms. The Labute approximate surface area is 142 Å². The van der Waals surface area contributed by atoms with Crippen molar-refractivity contribution in [2.45, 2.75) is 46.5 Å². The average Bonchev–Trinajstić information content (AvgIpc) is 2.55. The van der Waals surface area contributed by atoms with Crippen LogP contribution in [-0.2, 0) is 6.42 Å². The Morgan fingerprint density at radius 2 is 1.39 bits per heavy atom.